The maximum Gasteiger partial charge on any atom is 0.161 e. The summed E-state index contributed by atoms with van der Waals surface area (Å²) in [7, 11) is 6.91. The fraction of sp³-hybridized carbons (Fsp3) is 0.357. The van der Waals surface area contributed by atoms with E-state index in [1.165, 1.54) is 0 Å². The van der Waals surface area contributed by atoms with E-state index in [0.717, 1.165) is 5.56 Å². The van der Waals surface area contributed by atoms with Crippen molar-refractivity contribution in [3.63, 3.8) is 0 Å². The topological polar surface area (TPSA) is 38.8 Å². The number of benzene rings is 1. The van der Waals surface area contributed by atoms with E-state index in [1.807, 2.05) is 25.1 Å². The standard InChI is InChI=1S/C14H19NO3/c1-10(16)12(9-15(2)3)11-6-7-13(17-4)14(8-11)18-5/h6-9H,1-5H3. The molecule has 0 aliphatic heterocycles. The van der Waals surface area contributed by atoms with Crippen molar-refractivity contribution >= 4 is 11.4 Å². The normalized spacial score (nSPS) is 11.1. The molecule has 0 fully saturated rings. The Balaban J connectivity index is 3.26. The molecule has 1 rings (SSSR count). The first-order valence-electron chi connectivity index (χ1n) is 5.61. The molecule has 0 bridgehead atoms. The zero-order valence-electron chi connectivity index (χ0n) is 11.5. The second-order valence-electron chi connectivity index (χ2n) is 4.13. The Labute approximate surface area is 108 Å². The van der Waals surface area contributed by atoms with Gasteiger partial charge in [-0.3, -0.25) is 4.79 Å². The van der Waals surface area contributed by atoms with Gasteiger partial charge in [0.05, 0.1) is 14.2 Å². The highest BCUT2D eigenvalue weighted by atomic mass is 16.5. The summed E-state index contributed by atoms with van der Waals surface area (Å²) in [6, 6.07) is 5.44. The summed E-state index contributed by atoms with van der Waals surface area (Å²) in [6.07, 6.45) is 1.80. The van der Waals surface area contributed by atoms with Gasteiger partial charge in [0, 0.05) is 25.9 Å². The molecule has 0 saturated heterocycles. The third-order valence-corrected chi connectivity index (χ3v) is 2.46. The molecule has 4 nitrogen and oxygen atoms in total. The lowest BCUT2D eigenvalue weighted by atomic mass is 10.0. The van der Waals surface area contributed by atoms with Crippen LogP contribution in [-0.4, -0.2) is 39.0 Å². The predicted molar refractivity (Wildman–Crippen MR) is 71.9 cm³/mol. The Morgan fingerprint density at radius 3 is 2.22 bits per heavy atom. The summed E-state index contributed by atoms with van der Waals surface area (Å²) < 4.78 is 10.4. The van der Waals surface area contributed by atoms with Crippen LogP contribution in [0, 0.1) is 0 Å². The molecule has 0 aliphatic rings. The maximum atomic E-state index is 11.7. The molecule has 0 radical (unpaired) electrons. The van der Waals surface area contributed by atoms with Gasteiger partial charge in [0.15, 0.2) is 17.3 Å². The minimum Gasteiger partial charge on any atom is -0.493 e. The number of rotatable bonds is 5. The lowest BCUT2D eigenvalue weighted by Gasteiger charge is -2.13. The van der Waals surface area contributed by atoms with Crippen molar-refractivity contribution in [3.8, 4) is 11.5 Å². The zero-order valence-corrected chi connectivity index (χ0v) is 11.5. The summed E-state index contributed by atoms with van der Waals surface area (Å²) in [4.78, 5) is 13.5. The van der Waals surface area contributed by atoms with Crippen LogP contribution in [0.4, 0.5) is 0 Å². The Morgan fingerprint density at radius 2 is 1.78 bits per heavy atom. The number of carbonyl (C=O) groups is 1. The van der Waals surface area contributed by atoms with Crippen molar-refractivity contribution in [1.82, 2.24) is 4.90 Å². The van der Waals surface area contributed by atoms with Crippen LogP contribution in [0.15, 0.2) is 24.4 Å². The average molecular weight is 249 g/mol. The summed E-state index contributed by atoms with van der Waals surface area (Å²) in [5.74, 6) is 1.27. The monoisotopic (exact) mass is 249 g/mol. The molecule has 0 aliphatic carbocycles. The number of carbonyl (C=O) groups excluding carboxylic acids is 1. The third-order valence-electron chi connectivity index (χ3n) is 2.46. The molecule has 1 aromatic carbocycles. The largest absolute Gasteiger partial charge is 0.493 e. The summed E-state index contributed by atoms with van der Waals surface area (Å²) in [5.41, 5.74) is 1.45. The molecule has 0 atom stereocenters. The number of hydrogen-bond acceptors (Lipinski definition) is 4. The first-order valence-corrected chi connectivity index (χ1v) is 5.61. The fourth-order valence-electron chi connectivity index (χ4n) is 1.63. The third kappa shape index (κ3) is 3.26. The van der Waals surface area contributed by atoms with E-state index < -0.39 is 0 Å². The number of nitrogens with zero attached hydrogens (tertiary/aromatic N) is 1. The molecule has 1 aromatic rings. The van der Waals surface area contributed by atoms with E-state index in [2.05, 4.69) is 0 Å². The van der Waals surface area contributed by atoms with E-state index in [-0.39, 0.29) is 5.78 Å². The quantitative estimate of drug-likeness (QED) is 0.750. The molecule has 4 heteroatoms. The summed E-state index contributed by atoms with van der Waals surface area (Å²) in [5, 5.41) is 0. The van der Waals surface area contributed by atoms with E-state index in [9.17, 15) is 4.79 Å². The van der Waals surface area contributed by atoms with E-state index in [1.54, 1.807) is 39.5 Å². The van der Waals surface area contributed by atoms with Crippen LogP contribution < -0.4 is 9.47 Å². The molecular formula is C14H19NO3. The van der Waals surface area contributed by atoms with Gasteiger partial charge in [0.1, 0.15) is 0 Å². The maximum absolute atomic E-state index is 11.7. The SMILES string of the molecule is COc1ccc(C(=CN(C)C)C(C)=O)cc1OC. The number of ketones is 1. The second-order valence-corrected chi connectivity index (χ2v) is 4.13. The van der Waals surface area contributed by atoms with Crippen LogP contribution in [0.3, 0.4) is 0 Å². The Hall–Kier alpha value is -1.97. The van der Waals surface area contributed by atoms with Crippen molar-refractivity contribution in [1.29, 1.82) is 0 Å². The van der Waals surface area contributed by atoms with Crippen LogP contribution in [0.2, 0.25) is 0 Å². The second kappa shape index (κ2) is 6.10. The van der Waals surface area contributed by atoms with Gasteiger partial charge in [-0.2, -0.15) is 0 Å². The number of allylic oxidation sites excluding steroid dienone is 1. The fourth-order valence-corrected chi connectivity index (χ4v) is 1.63. The van der Waals surface area contributed by atoms with Crippen molar-refractivity contribution in [2.45, 2.75) is 6.92 Å². The summed E-state index contributed by atoms with van der Waals surface area (Å²) >= 11 is 0. The minimum absolute atomic E-state index is 0.0101. The van der Waals surface area contributed by atoms with Crippen LogP contribution in [0.25, 0.3) is 5.57 Å². The van der Waals surface area contributed by atoms with Gasteiger partial charge in [-0.05, 0) is 24.6 Å². The molecule has 18 heavy (non-hydrogen) atoms. The number of ether oxygens (including phenoxy) is 2. The van der Waals surface area contributed by atoms with Gasteiger partial charge >= 0.3 is 0 Å². The van der Waals surface area contributed by atoms with Crippen LogP contribution in [0.1, 0.15) is 12.5 Å². The molecular weight excluding hydrogens is 230 g/mol. The molecule has 0 spiro atoms. The van der Waals surface area contributed by atoms with Crippen molar-refractivity contribution in [2.24, 2.45) is 0 Å². The number of Topliss-reactive ketones (excluding diaryl/α,β-unsaturated/α-hetero) is 1. The van der Waals surface area contributed by atoms with E-state index >= 15 is 0 Å². The van der Waals surface area contributed by atoms with E-state index in [0.29, 0.717) is 17.1 Å². The van der Waals surface area contributed by atoms with Gasteiger partial charge in [0.25, 0.3) is 0 Å². The van der Waals surface area contributed by atoms with Gasteiger partial charge in [-0.25, -0.2) is 0 Å². The first-order chi connectivity index (χ1) is 8.49. The molecule has 98 valence electrons. The zero-order chi connectivity index (χ0) is 13.7. The van der Waals surface area contributed by atoms with Crippen LogP contribution >= 0.6 is 0 Å². The highest BCUT2D eigenvalue weighted by Crippen LogP contribution is 2.30. The van der Waals surface area contributed by atoms with Gasteiger partial charge in [-0.15, -0.1) is 0 Å². The number of methoxy groups -OCH3 is 2. The van der Waals surface area contributed by atoms with Crippen molar-refractivity contribution in [2.75, 3.05) is 28.3 Å². The first kappa shape index (κ1) is 14.1. The Bertz CT molecular complexity index is 464. The number of hydrogen-bond donors (Lipinski definition) is 0. The predicted octanol–water partition coefficient (Wildman–Crippen LogP) is 2.20. The van der Waals surface area contributed by atoms with Gasteiger partial charge < -0.3 is 14.4 Å². The van der Waals surface area contributed by atoms with Crippen LogP contribution in [-0.2, 0) is 4.79 Å². The molecule has 0 amide bonds. The van der Waals surface area contributed by atoms with Crippen LogP contribution in [0.5, 0.6) is 11.5 Å². The smallest absolute Gasteiger partial charge is 0.161 e. The average Bonchev–Trinajstić information content (AvgIpc) is 2.34. The molecule has 0 aromatic heterocycles. The molecule has 0 heterocycles. The molecule has 0 N–H and O–H groups in total. The van der Waals surface area contributed by atoms with Crippen molar-refractivity contribution in [3.05, 3.63) is 30.0 Å². The molecule has 0 saturated carbocycles. The summed E-state index contributed by atoms with van der Waals surface area (Å²) in [6.45, 7) is 1.55. The van der Waals surface area contributed by atoms with E-state index in [4.69, 9.17) is 9.47 Å². The van der Waals surface area contributed by atoms with Gasteiger partial charge in [0.2, 0.25) is 0 Å². The minimum atomic E-state index is 0.0101. The Morgan fingerprint density at radius 1 is 1.17 bits per heavy atom. The van der Waals surface area contributed by atoms with Gasteiger partial charge in [-0.1, -0.05) is 6.07 Å². The molecule has 0 unspecified atom stereocenters. The lowest BCUT2D eigenvalue weighted by molar-refractivity contribution is -0.111. The highest BCUT2D eigenvalue weighted by molar-refractivity contribution is 6.19. The lowest BCUT2D eigenvalue weighted by Crippen LogP contribution is -2.06. The van der Waals surface area contributed by atoms with Crippen molar-refractivity contribution < 1.29 is 14.3 Å². The Kier molecular flexibility index (Phi) is 4.77. The highest BCUT2D eigenvalue weighted by Gasteiger charge is 2.11.